The minimum absolute atomic E-state index is 0.316. The Kier molecular flexibility index (Phi) is 13.5. The highest BCUT2D eigenvalue weighted by Gasteiger charge is 2.36. The number of hydrogen-bond acceptors (Lipinski definition) is 5. The van der Waals surface area contributed by atoms with Crippen molar-refractivity contribution in [3.05, 3.63) is 24.4 Å². The highest BCUT2D eigenvalue weighted by molar-refractivity contribution is 7.47. The Morgan fingerprint density at radius 2 is 1.59 bits per heavy atom. The summed E-state index contributed by atoms with van der Waals surface area (Å²) in [7, 11) is 2.13. The molecule has 0 rings (SSSR count). The van der Waals surface area contributed by atoms with Crippen molar-refractivity contribution in [2.75, 3.05) is 27.9 Å². The van der Waals surface area contributed by atoms with Gasteiger partial charge in [0.2, 0.25) is 0 Å². The van der Waals surface area contributed by atoms with Crippen LogP contribution in [0.15, 0.2) is 24.4 Å². The first-order chi connectivity index (χ1) is 10.1. The lowest BCUT2D eigenvalue weighted by molar-refractivity contribution is -0.139. The van der Waals surface area contributed by atoms with E-state index in [0.29, 0.717) is 24.6 Å². The molecule has 9 heteroatoms. The van der Waals surface area contributed by atoms with E-state index in [4.69, 9.17) is 40.2 Å². The Bertz CT molecular complexity index is 347. The largest absolute Gasteiger partial charge is 0.500 e. The van der Waals surface area contributed by atoms with E-state index in [2.05, 4.69) is 13.2 Å². The number of halogens is 2. The van der Waals surface area contributed by atoms with Crippen LogP contribution in [0.3, 0.4) is 0 Å². The molecule has 0 aromatic rings. The van der Waals surface area contributed by atoms with Crippen LogP contribution >= 0.6 is 22.2 Å². The number of carbonyl (C=O) groups excluding carboxylic acids is 1. The zero-order valence-electron chi connectivity index (χ0n) is 13.9. The summed E-state index contributed by atoms with van der Waals surface area (Å²) in [6, 6.07) is 0.611. The van der Waals surface area contributed by atoms with E-state index in [1.165, 1.54) is 0 Å². The summed E-state index contributed by atoms with van der Waals surface area (Å²) in [4.78, 5) is 11.1. The van der Waals surface area contributed by atoms with E-state index in [1.54, 1.807) is 40.5 Å². The number of rotatable bonds is 9. The zero-order chi connectivity index (χ0) is 17.8. The predicted molar refractivity (Wildman–Crippen MR) is 95.5 cm³/mol. The Balaban J connectivity index is 0. The summed E-state index contributed by atoms with van der Waals surface area (Å²) < 4.78 is 20.6. The molecule has 0 bridgehead atoms. The summed E-state index contributed by atoms with van der Waals surface area (Å²) in [5.74, 6) is -0.375. The van der Waals surface area contributed by atoms with Crippen LogP contribution in [0.4, 0.5) is 0 Å². The first kappa shape index (κ1) is 24.1. The van der Waals surface area contributed by atoms with Gasteiger partial charge in [-0.2, -0.15) is 0 Å². The third-order valence-electron chi connectivity index (χ3n) is 2.50. The van der Waals surface area contributed by atoms with Crippen LogP contribution in [-0.4, -0.2) is 49.4 Å². The predicted octanol–water partition coefficient (Wildman–Crippen LogP) is 3.64. The van der Waals surface area contributed by atoms with Gasteiger partial charge in [-0.25, -0.2) is 4.79 Å². The zero-order valence-corrected chi connectivity index (χ0v) is 17.4. The minimum atomic E-state index is -2.53. The van der Waals surface area contributed by atoms with Crippen LogP contribution in [0.1, 0.15) is 13.3 Å². The van der Waals surface area contributed by atoms with Gasteiger partial charge in [-0.05, 0) is 19.9 Å². The van der Waals surface area contributed by atoms with Gasteiger partial charge in [0.25, 0.3) is 6.69 Å². The molecule has 5 nitrogen and oxygen atoms in total. The lowest BCUT2D eigenvalue weighted by Gasteiger charge is -2.24. The molecule has 0 atom stereocenters. The fourth-order valence-electron chi connectivity index (χ4n) is 1.13. The summed E-state index contributed by atoms with van der Waals surface area (Å²) >= 11 is 11.0. The fraction of sp³-hybridized carbons (Fsp3) is 0.615. The van der Waals surface area contributed by atoms with Crippen molar-refractivity contribution in [2.24, 2.45) is 0 Å². The third kappa shape index (κ3) is 12.4. The van der Waals surface area contributed by atoms with Gasteiger partial charge in [-0.3, -0.25) is 0 Å². The first-order valence-corrected chi connectivity index (χ1v) is 13.1. The summed E-state index contributed by atoms with van der Waals surface area (Å²) in [6.45, 7) is 8.72. The minimum Gasteiger partial charge on any atom is -0.462 e. The number of esters is 1. The lowest BCUT2D eigenvalue weighted by Crippen LogP contribution is -2.42. The Labute approximate surface area is 145 Å². The molecule has 0 spiro atoms. The molecule has 0 fully saturated rings. The molecule has 0 aliphatic heterocycles. The molecule has 0 heterocycles. The van der Waals surface area contributed by atoms with Crippen molar-refractivity contribution in [2.45, 2.75) is 25.9 Å². The van der Waals surface area contributed by atoms with Gasteiger partial charge in [0, 0.05) is 32.9 Å². The quantitative estimate of drug-likeness (QED) is 0.198. The molecule has 0 aromatic heterocycles. The third-order valence-corrected chi connectivity index (χ3v) is 6.97. The monoisotopic (exact) mass is 388 g/mol. The Morgan fingerprint density at radius 3 is 1.86 bits per heavy atom. The van der Waals surface area contributed by atoms with E-state index in [9.17, 15) is 4.79 Å². The first-order valence-electron chi connectivity index (χ1n) is 6.57. The average molecular weight is 389 g/mol. The van der Waals surface area contributed by atoms with Crippen molar-refractivity contribution in [3.63, 3.8) is 0 Å². The molecule has 0 radical (unpaired) electrons. The second kappa shape index (κ2) is 12.3. The van der Waals surface area contributed by atoms with Crippen LogP contribution in [-0.2, 0) is 22.8 Å². The molecule has 0 aliphatic rings. The van der Waals surface area contributed by atoms with E-state index < -0.39 is 15.5 Å². The topological polar surface area (TPSA) is 54.0 Å². The second-order valence-electron chi connectivity index (χ2n) is 4.48. The van der Waals surface area contributed by atoms with Gasteiger partial charge in [0.05, 0.1) is 6.61 Å². The van der Waals surface area contributed by atoms with E-state index in [-0.39, 0.29) is 5.97 Å². The molecule has 0 amide bonds. The van der Waals surface area contributed by atoms with E-state index >= 15 is 0 Å². The Hall–Kier alpha value is -0.156. The maximum absolute atomic E-state index is 11.1. The summed E-state index contributed by atoms with van der Waals surface area (Å²) in [5, 5.41) is 0. The van der Waals surface area contributed by atoms with Gasteiger partial charge in [0.15, 0.2) is 0 Å². The van der Waals surface area contributed by atoms with Gasteiger partial charge in [-0.15, -0.1) is 28.7 Å². The van der Waals surface area contributed by atoms with Crippen molar-refractivity contribution in [3.8, 4) is 0 Å². The molecule has 130 valence electrons. The van der Waals surface area contributed by atoms with Crippen molar-refractivity contribution >= 4 is 43.6 Å². The Morgan fingerprint density at radius 1 is 1.18 bits per heavy atom. The fourth-order valence-corrected chi connectivity index (χ4v) is 2.82. The molecular weight excluding hydrogens is 363 g/mol. The molecule has 22 heavy (non-hydrogen) atoms. The van der Waals surface area contributed by atoms with Crippen LogP contribution in [0, 0.1) is 0 Å². The van der Waals surface area contributed by atoms with Crippen LogP contribution in [0.5, 0.6) is 0 Å². The van der Waals surface area contributed by atoms with E-state index in [0.717, 1.165) is 0 Å². The van der Waals surface area contributed by atoms with Crippen LogP contribution in [0.25, 0.3) is 0 Å². The molecule has 0 unspecified atom stereocenters. The molecule has 0 aromatic carbocycles. The van der Waals surface area contributed by atoms with Crippen LogP contribution < -0.4 is 0 Å². The molecule has 0 aliphatic carbocycles. The van der Waals surface area contributed by atoms with Gasteiger partial charge >= 0.3 is 14.8 Å². The van der Waals surface area contributed by atoms with Crippen molar-refractivity contribution in [1.82, 2.24) is 0 Å². The highest BCUT2D eigenvalue weighted by Crippen LogP contribution is 2.15. The number of carbonyl (C=O) groups is 1. The maximum atomic E-state index is 11.1. The lowest BCUT2D eigenvalue weighted by atomic mass is 10.4. The molecule has 0 saturated carbocycles. The maximum Gasteiger partial charge on any atom is 0.500 e. The summed E-state index contributed by atoms with van der Waals surface area (Å²) in [5.41, 5.74) is 2.00. The molecule has 0 saturated heterocycles. The average Bonchev–Trinajstić information content (AvgIpc) is 2.47. The van der Waals surface area contributed by atoms with Gasteiger partial charge in [0.1, 0.15) is 0 Å². The normalized spacial score (nSPS) is 11.2. The number of hydrogen-bond donors (Lipinski definition) is 0. The van der Waals surface area contributed by atoms with E-state index in [1.807, 2.05) is 0 Å². The van der Waals surface area contributed by atoms with Gasteiger partial charge < -0.3 is 18.0 Å². The summed E-state index contributed by atoms with van der Waals surface area (Å²) in [6.07, 6.45) is 0.640. The molecule has 0 N–H and O–H groups in total. The van der Waals surface area contributed by atoms with Crippen molar-refractivity contribution in [1.29, 1.82) is 0 Å². The van der Waals surface area contributed by atoms with Crippen LogP contribution in [0.2, 0.25) is 12.6 Å². The SMILES string of the molecule is C=C(C)C(=O)OCCC[Si](OC)(OC)OC.C=C[Si](C)(Cl)Cl. The van der Waals surface area contributed by atoms with Gasteiger partial charge in [-0.1, -0.05) is 12.3 Å². The smallest absolute Gasteiger partial charge is 0.462 e. The van der Waals surface area contributed by atoms with Crippen molar-refractivity contribution < 1.29 is 22.8 Å². The highest BCUT2D eigenvalue weighted by atomic mass is 35.7. The molecular formula is C13H26Cl2O5Si2. The number of ether oxygens (including phenoxy) is 1. The second-order valence-corrected chi connectivity index (χ2v) is 15.2. The standard InChI is InChI=1S/C10H20O5Si.C3H6Cl2Si/c1-9(2)10(11)15-7-6-8-16(12-3,13-4)14-5;1-3-6(2,4)5/h1,6-8H2,2-5H3;3H,1H2,2H3.